The van der Waals surface area contributed by atoms with Crippen LogP contribution in [0.2, 0.25) is 5.02 Å². The van der Waals surface area contributed by atoms with E-state index in [9.17, 15) is 18.0 Å². The van der Waals surface area contributed by atoms with Crippen LogP contribution in [-0.4, -0.2) is 44.7 Å². The van der Waals surface area contributed by atoms with Crippen LogP contribution in [-0.2, 0) is 26.0 Å². The molecule has 166 valence electrons. The molecule has 1 fully saturated rings. The molecule has 0 saturated carbocycles. The van der Waals surface area contributed by atoms with Crippen LogP contribution in [0.4, 0.5) is 5.69 Å². The Morgan fingerprint density at radius 3 is 2.39 bits per heavy atom. The standard InChI is InChI=1S/C21H24ClN3O5S/c1-30-18-7-4-16(22)13-19(18)31(28,29)25-10-8-15(9-11-25)21(27)24-17-5-2-14(3-6-17)12-20(23)26/h2-7,13,15H,8-12H2,1H3,(H2,23,26)(H,24,27). The zero-order valence-electron chi connectivity index (χ0n) is 17.0. The monoisotopic (exact) mass is 465 g/mol. The van der Waals surface area contributed by atoms with Gasteiger partial charge in [-0.3, -0.25) is 9.59 Å². The number of ether oxygens (including phenoxy) is 1. The van der Waals surface area contributed by atoms with E-state index in [0.717, 1.165) is 5.56 Å². The fourth-order valence-corrected chi connectivity index (χ4v) is 5.39. The van der Waals surface area contributed by atoms with Crippen LogP contribution in [0, 0.1) is 5.92 Å². The first kappa shape index (κ1) is 23.1. The molecular weight excluding hydrogens is 442 g/mol. The van der Waals surface area contributed by atoms with Gasteiger partial charge in [0.2, 0.25) is 21.8 Å². The highest BCUT2D eigenvalue weighted by atomic mass is 35.5. The normalized spacial score (nSPS) is 15.4. The van der Waals surface area contributed by atoms with Crippen molar-refractivity contribution in [3.8, 4) is 5.75 Å². The lowest BCUT2D eigenvalue weighted by Gasteiger charge is -2.31. The van der Waals surface area contributed by atoms with Crippen molar-refractivity contribution in [2.45, 2.75) is 24.2 Å². The number of carbonyl (C=O) groups excluding carboxylic acids is 2. The Morgan fingerprint density at radius 1 is 1.16 bits per heavy atom. The number of sulfonamides is 1. The quantitative estimate of drug-likeness (QED) is 0.650. The topological polar surface area (TPSA) is 119 Å². The number of carbonyl (C=O) groups is 2. The van der Waals surface area contributed by atoms with Crippen LogP contribution in [0.1, 0.15) is 18.4 Å². The highest BCUT2D eigenvalue weighted by molar-refractivity contribution is 7.89. The summed E-state index contributed by atoms with van der Waals surface area (Å²) in [5, 5.41) is 3.14. The molecule has 1 heterocycles. The summed E-state index contributed by atoms with van der Waals surface area (Å²) >= 11 is 5.98. The second-order valence-electron chi connectivity index (χ2n) is 7.30. The van der Waals surface area contributed by atoms with Gasteiger partial charge < -0.3 is 15.8 Å². The van der Waals surface area contributed by atoms with Crippen molar-refractivity contribution in [3.63, 3.8) is 0 Å². The molecule has 0 atom stereocenters. The Kier molecular flexibility index (Phi) is 7.19. The minimum absolute atomic E-state index is 0.0152. The summed E-state index contributed by atoms with van der Waals surface area (Å²) in [6.45, 7) is 0.432. The first-order valence-corrected chi connectivity index (χ1v) is 11.5. The average molecular weight is 466 g/mol. The maximum absolute atomic E-state index is 13.0. The average Bonchev–Trinajstić information content (AvgIpc) is 2.74. The van der Waals surface area contributed by atoms with Crippen molar-refractivity contribution in [2.75, 3.05) is 25.5 Å². The van der Waals surface area contributed by atoms with E-state index in [2.05, 4.69) is 5.32 Å². The number of methoxy groups -OCH3 is 1. The molecule has 0 aromatic heterocycles. The zero-order chi connectivity index (χ0) is 22.6. The van der Waals surface area contributed by atoms with Crippen molar-refractivity contribution >= 4 is 39.1 Å². The van der Waals surface area contributed by atoms with Crippen molar-refractivity contribution in [3.05, 3.63) is 53.1 Å². The molecule has 3 N–H and O–H groups in total. The van der Waals surface area contributed by atoms with E-state index in [0.29, 0.717) is 23.6 Å². The maximum atomic E-state index is 13.0. The van der Waals surface area contributed by atoms with E-state index in [1.165, 1.54) is 23.5 Å². The van der Waals surface area contributed by atoms with Gasteiger partial charge in [-0.15, -0.1) is 0 Å². The summed E-state index contributed by atoms with van der Waals surface area (Å²) < 4.78 is 32.6. The second-order valence-corrected chi connectivity index (χ2v) is 9.65. The molecule has 10 heteroatoms. The van der Waals surface area contributed by atoms with Gasteiger partial charge in [-0.25, -0.2) is 8.42 Å². The minimum Gasteiger partial charge on any atom is -0.495 e. The van der Waals surface area contributed by atoms with Crippen molar-refractivity contribution in [1.82, 2.24) is 4.31 Å². The molecule has 1 aliphatic rings. The Morgan fingerprint density at radius 2 is 1.81 bits per heavy atom. The highest BCUT2D eigenvalue weighted by Gasteiger charge is 2.33. The summed E-state index contributed by atoms with van der Waals surface area (Å²) in [5.41, 5.74) is 6.55. The van der Waals surface area contributed by atoms with Gasteiger partial charge in [-0.05, 0) is 48.7 Å². The summed E-state index contributed by atoms with van der Waals surface area (Å²) in [6.07, 6.45) is 0.931. The van der Waals surface area contributed by atoms with Crippen LogP contribution in [0.15, 0.2) is 47.4 Å². The van der Waals surface area contributed by atoms with Gasteiger partial charge in [-0.1, -0.05) is 23.7 Å². The number of piperidine rings is 1. The second kappa shape index (κ2) is 9.67. The number of anilines is 1. The molecule has 2 aromatic carbocycles. The third-order valence-corrected chi connectivity index (χ3v) is 7.32. The van der Waals surface area contributed by atoms with Crippen LogP contribution in [0.3, 0.4) is 0 Å². The number of nitrogens with two attached hydrogens (primary N) is 1. The number of hydrogen-bond acceptors (Lipinski definition) is 5. The molecule has 1 saturated heterocycles. The molecule has 0 spiro atoms. The Balaban J connectivity index is 1.62. The van der Waals surface area contributed by atoms with Gasteiger partial charge in [0.1, 0.15) is 10.6 Å². The summed E-state index contributed by atoms with van der Waals surface area (Å²) in [4.78, 5) is 23.6. The number of amides is 2. The lowest BCUT2D eigenvalue weighted by molar-refractivity contribution is -0.121. The number of nitrogens with zero attached hydrogens (tertiary/aromatic N) is 1. The molecule has 1 aliphatic heterocycles. The first-order valence-electron chi connectivity index (χ1n) is 9.72. The molecule has 2 amide bonds. The van der Waals surface area contributed by atoms with Gasteiger partial charge in [0, 0.05) is 29.7 Å². The van der Waals surface area contributed by atoms with E-state index >= 15 is 0 Å². The van der Waals surface area contributed by atoms with E-state index in [1.807, 2.05) is 0 Å². The van der Waals surface area contributed by atoms with Crippen molar-refractivity contribution in [1.29, 1.82) is 0 Å². The van der Waals surface area contributed by atoms with Crippen molar-refractivity contribution < 1.29 is 22.7 Å². The fourth-order valence-electron chi connectivity index (χ4n) is 3.50. The Labute approximate surface area is 186 Å². The lowest BCUT2D eigenvalue weighted by Crippen LogP contribution is -2.41. The SMILES string of the molecule is COc1ccc(Cl)cc1S(=O)(=O)N1CCC(C(=O)Nc2ccc(CC(N)=O)cc2)CC1. The highest BCUT2D eigenvalue weighted by Crippen LogP contribution is 2.32. The molecule has 0 aliphatic carbocycles. The van der Waals surface area contributed by atoms with Crippen LogP contribution in [0.25, 0.3) is 0 Å². The van der Waals surface area contributed by atoms with Crippen LogP contribution >= 0.6 is 11.6 Å². The molecule has 0 radical (unpaired) electrons. The molecular formula is C21H24ClN3O5S. The van der Waals surface area contributed by atoms with Gasteiger partial charge in [0.25, 0.3) is 0 Å². The third kappa shape index (κ3) is 5.55. The summed E-state index contributed by atoms with van der Waals surface area (Å²) in [7, 11) is -2.39. The summed E-state index contributed by atoms with van der Waals surface area (Å²) in [6, 6.07) is 11.3. The third-order valence-electron chi connectivity index (χ3n) is 5.17. The first-order chi connectivity index (χ1) is 14.7. The fraction of sp³-hybridized carbons (Fsp3) is 0.333. The maximum Gasteiger partial charge on any atom is 0.246 e. The number of nitrogens with one attached hydrogen (secondary N) is 1. The molecule has 3 rings (SSSR count). The van der Waals surface area contributed by atoms with Gasteiger partial charge in [0.05, 0.1) is 13.5 Å². The summed E-state index contributed by atoms with van der Waals surface area (Å²) in [5.74, 6) is -0.670. The predicted molar refractivity (Wildman–Crippen MR) is 117 cm³/mol. The van der Waals surface area contributed by atoms with E-state index in [-0.39, 0.29) is 42.0 Å². The lowest BCUT2D eigenvalue weighted by atomic mass is 9.97. The molecule has 2 aromatic rings. The number of hydrogen-bond donors (Lipinski definition) is 2. The molecule has 31 heavy (non-hydrogen) atoms. The Hall–Kier alpha value is -2.62. The smallest absolute Gasteiger partial charge is 0.246 e. The molecule has 0 bridgehead atoms. The van der Waals surface area contributed by atoms with Gasteiger partial charge in [-0.2, -0.15) is 4.31 Å². The van der Waals surface area contributed by atoms with Gasteiger partial charge in [0.15, 0.2) is 0 Å². The van der Waals surface area contributed by atoms with Crippen LogP contribution < -0.4 is 15.8 Å². The zero-order valence-corrected chi connectivity index (χ0v) is 18.6. The Bertz CT molecular complexity index is 1060. The number of primary amides is 1. The molecule has 0 unspecified atom stereocenters. The van der Waals surface area contributed by atoms with E-state index in [4.69, 9.17) is 22.1 Å². The van der Waals surface area contributed by atoms with E-state index in [1.54, 1.807) is 30.3 Å². The van der Waals surface area contributed by atoms with Crippen LogP contribution in [0.5, 0.6) is 5.75 Å². The minimum atomic E-state index is -3.80. The van der Waals surface area contributed by atoms with E-state index < -0.39 is 15.9 Å². The largest absolute Gasteiger partial charge is 0.495 e. The van der Waals surface area contributed by atoms with Gasteiger partial charge >= 0.3 is 0 Å². The van der Waals surface area contributed by atoms with Crippen molar-refractivity contribution in [2.24, 2.45) is 11.7 Å². The molecule has 8 nitrogen and oxygen atoms in total. The predicted octanol–water partition coefficient (Wildman–Crippen LogP) is 2.42. The number of halogens is 1. The number of benzene rings is 2. The number of rotatable bonds is 7.